The third-order valence-electron chi connectivity index (χ3n) is 5.73. The SMILES string of the molecule is CCc1ccc(OC(CC)CC)c(CCC(=O)c2cccc(OC(CC)CC)c2)c1. The lowest BCUT2D eigenvalue weighted by molar-refractivity contribution is 0.0981. The van der Waals surface area contributed by atoms with E-state index in [1.165, 1.54) is 5.56 Å². The zero-order valence-corrected chi connectivity index (χ0v) is 19.4. The maximum atomic E-state index is 12.9. The van der Waals surface area contributed by atoms with Crippen LogP contribution in [-0.2, 0) is 12.8 Å². The lowest BCUT2D eigenvalue weighted by Gasteiger charge is -2.19. The average Bonchev–Trinajstić information content (AvgIpc) is 2.79. The fourth-order valence-corrected chi connectivity index (χ4v) is 3.58. The first-order valence-corrected chi connectivity index (χ1v) is 11.6. The molecule has 3 heteroatoms. The molecule has 0 heterocycles. The second kappa shape index (κ2) is 12.4. The van der Waals surface area contributed by atoms with Gasteiger partial charge >= 0.3 is 0 Å². The van der Waals surface area contributed by atoms with Crippen molar-refractivity contribution >= 4 is 5.78 Å². The Hall–Kier alpha value is -2.29. The molecule has 0 aromatic heterocycles. The number of aryl methyl sites for hydroxylation is 2. The highest BCUT2D eigenvalue weighted by atomic mass is 16.5. The smallest absolute Gasteiger partial charge is 0.163 e. The molecule has 0 aliphatic carbocycles. The molecule has 0 aliphatic rings. The summed E-state index contributed by atoms with van der Waals surface area (Å²) in [7, 11) is 0. The third kappa shape index (κ3) is 6.90. The number of carbonyl (C=O) groups is 1. The van der Waals surface area contributed by atoms with Crippen LogP contribution in [0.5, 0.6) is 11.5 Å². The molecule has 0 bridgehead atoms. The van der Waals surface area contributed by atoms with Crippen molar-refractivity contribution in [2.45, 2.75) is 91.8 Å². The van der Waals surface area contributed by atoms with Gasteiger partial charge in [0.2, 0.25) is 0 Å². The molecule has 0 atom stereocenters. The fraction of sp³-hybridized carbons (Fsp3) is 0.519. The first-order valence-electron chi connectivity index (χ1n) is 11.6. The van der Waals surface area contributed by atoms with Crippen LogP contribution in [0.3, 0.4) is 0 Å². The van der Waals surface area contributed by atoms with Crippen molar-refractivity contribution in [1.82, 2.24) is 0 Å². The molecule has 0 radical (unpaired) electrons. The van der Waals surface area contributed by atoms with Crippen molar-refractivity contribution in [3.63, 3.8) is 0 Å². The predicted octanol–water partition coefficient (Wildman–Crippen LogP) is 7.20. The Morgan fingerprint density at radius 2 is 1.50 bits per heavy atom. The molecular formula is C27H38O3. The molecule has 0 unspecified atom stereocenters. The second-order valence-corrected chi connectivity index (χ2v) is 7.86. The van der Waals surface area contributed by atoms with Crippen molar-refractivity contribution in [3.05, 3.63) is 59.2 Å². The van der Waals surface area contributed by atoms with Gasteiger partial charge in [-0.2, -0.15) is 0 Å². The Balaban J connectivity index is 2.11. The molecule has 0 fully saturated rings. The predicted molar refractivity (Wildman–Crippen MR) is 125 cm³/mol. The molecule has 0 spiro atoms. The van der Waals surface area contributed by atoms with Crippen LogP contribution in [0.1, 0.15) is 88.2 Å². The maximum Gasteiger partial charge on any atom is 0.163 e. The zero-order valence-electron chi connectivity index (χ0n) is 19.4. The van der Waals surface area contributed by atoms with E-state index in [-0.39, 0.29) is 18.0 Å². The number of carbonyl (C=O) groups excluding carboxylic acids is 1. The van der Waals surface area contributed by atoms with Gasteiger partial charge in [0.1, 0.15) is 11.5 Å². The van der Waals surface area contributed by atoms with Gasteiger partial charge in [-0.1, -0.05) is 58.9 Å². The number of ether oxygens (including phenoxy) is 2. The van der Waals surface area contributed by atoms with E-state index < -0.39 is 0 Å². The largest absolute Gasteiger partial charge is 0.490 e. The molecule has 0 saturated carbocycles. The van der Waals surface area contributed by atoms with Crippen LogP contribution in [-0.4, -0.2) is 18.0 Å². The van der Waals surface area contributed by atoms with E-state index in [1.54, 1.807) is 0 Å². The summed E-state index contributed by atoms with van der Waals surface area (Å²) in [4.78, 5) is 12.9. The van der Waals surface area contributed by atoms with Gasteiger partial charge in [0.25, 0.3) is 0 Å². The number of benzene rings is 2. The number of ketones is 1. The average molecular weight is 411 g/mol. The van der Waals surface area contributed by atoms with E-state index in [1.807, 2.05) is 24.3 Å². The van der Waals surface area contributed by atoms with Crippen LogP contribution in [0.15, 0.2) is 42.5 Å². The normalized spacial score (nSPS) is 11.2. The highest BCUT2D eigenvalue weighted by molar-refractivity contribution is 5.96. The van der Waals surface area contributed by atoms with Gasteiger partial charge in [0.05, 0.1) is 12.2 Å². The van der Waals surface area contributed by atoms with Gasteiger partial charge in [0.15, 0.2) is 5.78 Å². The van der Waals surface area contributed by atoms with Crippen molar-refractivity contribution in [2.75, 3.05) is 0 Å². The van der Waals surface area contributed by atoms with E-state index in [2.05, 4.69) is 52.8 Å². The van der Waals surface area contributed by atoms with Gasteiger partial charge in [-0.05, 0) is 67.9 Å². The second-order valence-electron chi connectivity index (χ2n) is 7.86. The maximum absolute atomic E-state index is 12.9. The Labute approximate surface area is 182 Å². The van der Waals surface area contributed by atoms with Crippen LogP contribution in [0, 0.1) is 0 Å². The Kier molecular flexibility index (Phi) is 9.93. The molecule has 0 saturated heterocycles. The van der Waals surface area contributed by atoms with Crippen molar-refractivity contribution in [3.8, 4) is 11.5 Å². The quantitative estimate of drug-likeness (QED) is 0.328. The minimum absolute atomic E-state index is 0.139. The number of rotatable bonds is 13. The first kappa shape index (κ1) is 24.0. The highest BCUT2D eigenvalue weighted by Gasteiger charge is 2.14. The van der Waals surface area contributed by atoms with Crippen molar-refractivity contribution < 1.29 is 14.3 Å². The van der Waals surface area contributed by atoms with Gasteiger partial charge in [-0.3, -0.25) is 4.79 Å². The molecule has 0 aliphatic heterocycles. The van der Waals surface area contributed by atoms with E-state index in [4.69, 9.17) is 9.47 Å². The van der Waals surface area contributed by atoms with Crippen LogP contribution >= 0.6 is 0 Å². The van der Waals surface area contributed by atoms with Crippen LogP contribution in [0.25, 0.3) is 0 Å². The molecule has 0 N–H and O–H groups in total. The van der Waals surface area contributed by atoms with E-state index in [9.17, 15) is 4.79 Å². The van der Waals surface area contributed by atoms with E-state index >= 15 is 0 Å². The van der Waals surface area contributed by atoms with Crippen LogP contribution in [0.4, 0.5) is 0 Å². The number of hydrogen-bond donors (Lipinski definition) is 0. The highest BCUT2D eigenvalue weighted by Crippen LogP contribution is 2.26. The van der Waals surface area contributed by atoms with Crippen LogP contribution in [0.2, 0.25) is 0 Å². The summed E-state index contributed by atoms with van der Waals surface area (Å²) >= 11 is 0. The van der Waals surface area contributed by atoms with Gasteiger partial charge in [-0.15, -0.1) is 0 Å². The lowest BCUT2D eigenvalue weighted by atomic mass is 9.99. The number of hydrogen-bond acceptors (Lipinski definition) is 3. The Morgan fingerprint density at radius 3 is 2.13 bits per heavy atom. The summed E-state index contributed by atoms with van der Waals surface area (Å²) in [6.07, 6.45) is 6.40. The summed E-state index contributed by atoms with van der Waals surface area (Å²) < 4.78 is 12.2. The molecule has 30 heavy (non-hydrogen) atoms. The Bertz CT molecular complexity index is 788. The van der Waals surface area contributed by atoms with Crippen LogP contribution < -0.4 is 9.47 Å². The summed E-state index contributed by atoms with van der Waals surface area (Å²) in [5, 5.41) is 0. The molecule has 2 aromatic carbocycles. The van der Waals surface area contributed by atoms with E-state index in [0.717, 1.165) is 49.2 Å². The van der Waals surface area contributed by atoms with Gasteiger partial charge in [0, 0.05) is 12.0 Å². The molecular weight excluding hydrogens is 372 g/mol. The zero-order chi connectivity index (χ0) is 21.9. The topological polar surface area (TPSA) is 35.5 Å². The minimum Gasteiger partial charge on any atom is -0.490 e. The fourth-order valence-electron chi connectivity index (χ4n) is 3.58. The minimum atomic E-state index is 0.139. The summed E-state index contributed by atoms with van der Waals surface area (Å²) in [6, 6.07) is 14.0. The summed E-state index contributed by atoms with van der Waals surface area (Å²) in [5.74, 6) is 1.83. The molecule has 2 aromatic rings. The van der Waals surface area contributed by atoms with Gasteiger partial charge in [-0.25, -0.2) is 0 Å². The third-order valence-corrected chi connectivity index (χ3v) is 5.73. The molecule has 2 rings (SSSR count). The van der Waals surface area contributed by atoms with Gasteiger partial charge < -0.3 is 9.47 Å². The monoisotopic (exact) mass is 410 g/mol. The molecule has 3 nitrogen and oxygen atoms in total. The standard InChI is InChI=1S/C27H38O3/c1-6-20-14-17-27(30-24(9-4)10-5)22(18-20)15-16-26(28)21-12-11-13-25(19-21)29-23(7-2)8-3/h11-14,17-19,23-24H,6-10,15-16H2,1-5H3. The lowest BCUT2D eigenvalue weighted by Crippen LogP contribution is -2.15. The molecule has 0 amide bonds. The summed E-state index contributed by atoms with van der Waals surface area (Å²) in [5.41, 5.74) is 3.11. The van der Waals surface area contributed by atoms with Crippen molar-refractivity contribution in [2.24, 2.45) is 0 Å². The van der Waals surface area contributed by atoms with E-state index in [0.29, 0.717) is 18.4 Å². The number of Topliss-reactive ketones (excluding diaryl/α,β-unsaturated/α-hetero) is 1. The Morgan fingerprint density at radius 1 is 0.833 bits per heavy atom. The first-order chi connectivity index (χ1) is 14.5. The molecule has 164 valence electrons. The summed E-state index contributed by atoms with van der Waals surface area (Å²) in [6.45, 7) is 10.7. The van der Waals surface area contributed by atoms with Crippen molar-refractivity contribution in [1.29, 1.82) is 0 Å².